The molecule has 0 radical (unpaired) electrons. The molecule has 0 spiro atoms. The third-order valence-electron chi connectivity index (χ3n) is 2.30. The Hall–Kier alpha value is -1.80. The Kier molecular flexibility index (Phi) is 5.19. The van der Waals surface area contributed by atoms with Crippen LogP contribution in [0, 0.1) is 10.1 Å². The van der Waals surface area contributed by atoms with Gasteiger partial charge in [0.1, 0.15) is 4.90 Å². The Morgan fingerprint density at radius 1 is 1.24 bits per heavy atom. The predicted octanol–water partition coefficient (Wildman–Crippen LogP) is -1.55. The summed E-state index contributed by atoms with van der Waals surface area (Å²) in [5.41, 5.74) is 1.55. The summed E-state index contributed by atoms with van der Waals surface area (Å²) in [5.74, 6) is 4.52. The first-order chi connectivity index (χ1) is 9.57. The Bertz CT molecular complexity index is 744. The van der Waals surface area contributed by atoms with E-state index in [1.54, 1.807) is 0 Å². The highest BCUT2D eigenvalue weighted by molar-refractivity contribution is 7.90. The number of nitro groups is 1. The van der Waals surface area contributed by atoms with Gasteiger partial charge in [0.15, 0.2) is 0 Å². The fourth-order valence-corrected chi connectivity index (χ4v) is 3.10. The third kappa shape index (κ3) is 4.91. The third-order valence-corrected chi connectivity index (χ3v) is 4.57. The van der Waals surface area contributed by atoms with Crippen molar-refractivity contribution in [1.29, 1.82) is 0 Å². The van der Waals surface area contributed by atoms with E-state index < -0.39 is 47.9 Å². The highest BCUT2D eigenvalue weighted by Crippen LogP contribution is 2.25. The van der Waals surface area contributed by atoms with E-state index in [-0.39, 0.29) is 5.69 Å². The molecule has 0 aliphatic carbocycles. The molecule has 0 saturated heterocycles. The van der Waals surface area contributed by atoms with Gasteiger partial charge in [0.25, 0.3) is 5.69 Å². The number of hydrogen-bond acceptors (Lipinski definition) is 8. The molecule has 1 aromatic carbocycles. The molecule has 0 atom stereocenters. The largest absolute Gasteiger partial charge is 0.323 e. The van der Waals surface area contributed by atoms with Crippen molar-refractivity contribution in [3.63, 3.8) is 0 Å². The van der Waals surface area contributed by atoms with E-state index in [0.717, 1.165) is 18.2 Å². The van der Waals surface area contributed by atoms with Gasteiger partial charge >= 0.3 is 0 Å². The van der Waals surface area contributed by atoms with E-state index in [0.29, 0.717) is 0 Å². The monoisotopic (exact) mass is 339 g/mol. The van der Waals surface area contributed by atoms with Gasteiger partial charge in [-0.3, -0.25) is 16.0 Å². The second-order valence-corrected chi connectivity index (χ2v) is 7.32. The lowest BCUT2D eigenvalue weighted by molar-refractivity contribution is -0.385. The Morgan fingerprint density at radius 2 is 1.86 bits per heavy atom. The summed E-state index contributed by atoms with van der Waals surface area (Å²) in [6.45, 7) is -0.478. The van der Waals surface area contributed by atoms with Crippen molar-refractivity contribution in [2.24, 2.45) is 11.0 Å². The number of anilines is 1. The van der Waals surface area contributed by atoms with E-state index in [1.165, 1.54) is 0 Å². The van der Waals surface area contributed by atoms with Crippen molar-refractivity contribution in [3.8, 4) is 0 Å². The molecule has 0 bridgehead atoms. The lowest BCUT2D eigenvalue weighted by Gasteiger charge is -2.10. The zero-order chi connectivity index (χ0) is 16.3. The number of nitrogens with one attached hydrogen (secondary N) is 2. The molecular weight excluding hydrogens is 326 g/mol. The van der Waals surface area contributed by atoms with Gasteiger partial charge in [0.05, 0.1) is 16.4 Å². The number of nitrogens with zero attached hydrogens (tertiary/aromatic N) is 1. The molecular formula is C8H13N5O6S2. The van der Waals surface area contributed by atoms with E-state index >= 15 is 0 Å². The topological polar surface area (TPSA) is 188 Å². The fourth-order valence-electron chi connectivity index (χ4n) is 1.36. The van der Waals surface area contributed by atoms with Crippen molar-refractivity contribution in [2.45, 2.75) is 4.90 Å². The van der Waals surface area contributed by atoms with Gasteiger partial charge in [-0.05, 0) is 6.07 Å². The minimum absolute atomic E-state index is 0.0799. The van der Waals surface area contributed by atoms with Crippen LogP contribution >= 0.6 is 0 Å². The Labute approximate surface area is 120 Å². The summed E-state index contributed by atoms with van der Waals surface area (Å²) in [6.07, 6.45) is 0. The van der Waals surface area contributed by atoms with Crippen LogP contribution < -0.4 is 21.1 Å². The normalized spacial score (nSPS) is 12.1. The van der Waals surface area contributed by atoms with E-state index in [2.05, 4.69) is 5.43 Å². The number of sulfonamides is 2. The van der Waals surface area contributed by atoms with Crippen LogP contribution in [0.15, 0.2) is 23.1 Å². The first-order valence-electron chi connectivity index (χ1n) is 5.32. The lowest BCUT2D eigenvalue weighted by Crippen LogP contribution is -2.32. The lowest BCUT2D eigenvalue weighted by atomic mass is 10.3. The second-order valence-electron chi connectivity index (χ2n) is 3.85. The number of benzene rings is 1. The van der Waals surface area contributed by atoms with Gasteiger partial charge in [0, 0.05) is 18.7 Å². The van der Waals surface area contributed by atoms with Gasteiger partial charge < -0.3 is 5.43 Å². The molecule has 0 fully saturated rings. The minimum Gasteiger partial charge on any atom is -0.323 e. The molecule has 0 aromatic heterocycles. The predicted molar refractivity (Wildman–Crippen MR) is 74.1 cm³/mol. The van der Waals surface area contributed by atoms with Crippen LogP contribution in [0.3, 0.4) is 0 Å². The van der Waals surface area contributed by atoms with Crippen LogP contribution in [0.1, 0.15) is 0 Å². The summed E-state index contributed by atoms with van der Waals surface area (Å²) in [6, 6.07) is 2.99. The highest BCUT2D eigenvalue weighted by Gasteiger charge is 2.22. The Morgan fingerprint density at radius 3 is 2.33 bits per heavy atom. The molecule has 1 rings (SSSR count). The van der Waals surface area contributed by atoms with E-state index in [9.17, 15) is 26.9 Å². The van der Waals surface area contributed by atoms with Crippen molar-refractivity contribution >= 4 is 31.4 Å². The SMILES string of the molecule is NNc1ccc([N+](=O)[O-])cc1S(=O)(=O)NCCS(N)(=O)=O. The molecule has 0 unspecified atom stereocenters. The average molecular weight is 339 g/mol. The molecule has 118 valence electrons. The second kappa shape index (κ2) is 6.31. The zero-order valence-electron chi connectivity index (χ0n) is 10.5. The number of non-ortho nitro benzene ring substituents is 1. The maximum Gasteiger partial charge on any atom is 0.270 e. The molecule has 21 heavy (non-hydrogen) atoms. The summed E-state index contributed by atoms with van der Waals surface area (Å²) < 4.78 is 47.5. The number of nitro benzene ring substituents is 1. The molecule has 0 aliphatic heterocycles. The number of primary sulfonamides is 1. The summed E-state index contributed by atoms with van der Waals surface area (Å²) in [4.78, 5) is 9.42. The van der Waals surface area contributed by atoms with Crippen molar-refractivity contribution in [3.05, 3.63) is 28.3 Å². The van der Waals surface area contributed by atoms with Crippen LogP contribution in [0.25, 0.3) is 0 Å². The van der Waals surface area contributed by atoms with Crippen LogP contribution in [0.5, 0.6) is 0 Å². The first kappa shape index (κ1) is 17.3. The van der Waals surface area contributed by atoms with Gasteiger partial charge in [0.2, 0.25) is 20.0 Å². The van der Waals surface area contributed by atoms with Gasteiger partial charge in [-0.2, -0.15) is 0 Å². The quantitative estimate of drug-likeness (QED) is 0.261. The van der Waals surface area contributed by atoms with Crippen LogP contribution in [-0.4, -0.2) is 34.1 Å². The molecule has 11 nitrogen and oxygen atoms in total. The van der Waals surface area contributed by atoms with Crippen LogP contribution in [-0.2, 0) is 20.0 Å². The van der Waals surface area contributed by atoms with E-state index in [1.807, 2.05) is 4.72 Å². The summed E-state index contributed by atoms with van der Waals surface area (Å²) in [7, 11) is -8.04. The summed E-state index contributed by atoms with van der Waals surface area (Å²) in [5, 5.41) is 15.4. The van der Waals surface area contributed by atoms with Gasteiger partial charge in [-0.15, -0.1) is 0 Å². The highest BCUT2D eigenvalue weighted by atomic mass is 32.2. The molecule has 0 amide bonds. The summed E-state index contributed by atoms with van der Waals surface area (Å²) >= 11 is 0. The zero-order valence-corrected chi connectivity index (χ0v) is 12.1. The number of rotatable bonds is 7. The maximum absolute atomic E-state index is 12.0. The molecule has 0 aliphatic rings. The fraction of sp³-hybridized carbons (Fsp3) is 0.250. The molecule has 1 aromatic rings. The number of nitrogens with two attached hydrogens (primary N) is 2. The molecule has 6 N–H and O–H groups in total. The first-order valence-corrected chi connectivity index (χ1v) is 8.52. The van der Waals surface area contributed by atoms with Crippen molar-refractivity contribution in [1.82, 2.24) is 4.72 Å². The molecule has 0 saturated carbocycles. The van der Waals surface area contributed by atoms with Gasteiger partial charge in [-0.25, -0.2) is 26.7 Å². The number of hydrazine groups is 1. The smallest absolute Gasteiger partial charge is 0.270 e. The van der Waals surface area contributed by atoms with Crippen molar-refractivity contribution in [2.75, 3.05) is 17.7 Å². The maximum atomic E-state index is 12.0. The number of nitrogen functional groups attached to an aromatic ring is 1. The average Bonchev–Trinajstić information content (AvgIpc) is 2.36. The standard InChI is InChI=1S/C8H13N5O6S2/c9-12-7-2-1-6(13(14)15)5-8(7)21(18,19)11-3-4-20(10,16)17/h1-2,5,11-12H,3-4,9H2,(H2,10,16,17). The Balaban J connectivity index is 3.11. The minimum atomic E-state index is -4.20. The van der Waals surface area contributed by atoms with Crippen LogP contribution in [0.4, 0.5) is 11.4 Å². The molecule has 13 heteroatoms. The van der Waals surface area contributed by atoms with Crippen LogP contribution in [0.2, 0.25) is 0 Å². The van der Waals surface area contributed by atoms with Gasteiger partial charge in [-0.1, -0.05) is 0 Å². The molecule has 0 heterocycles. The van der Waals surface area contributed by atoms with Crippen molar-refractivity contribution < 1.29 is 21.8 Å². The number of hydrogen-bond donors (Lipinski definition) is 4. The van der Waals surface area contributed by atoms with E-state index in [4.69, 9.17) is 11.0 Å².